The summed E-state index contributed by atoms with van der Waals surface area (Å²) >= 11 is 1.47. The van der Waals surface area contributed by atoms with E-state index in [0.29, 0.717) is 36.4 Å². The molecule has 1 saturated carbocycles. The van der Waals surface area contributed by atoms with Crippen molar-refractivity contribution in [3.05, 3.63) is 28.1 Å². The maximum atomic E-state index is 12.8. The van der Waals surface area contributed by atoms with Crippen molar-refractivity contribution < 1.29 is 4.79 Å². The summed E-state index contributed by atoms with van der Waals surface area (Å²) in [6.45, 7) is 2.58. The first-order chi connectivity index (χ1) is 11.6. The van der Waals surface area contributed by atoms with Gasteiger partial charge in [-0.2, -0.15) is 0 Å². The standard InChI is InChI=1S/C18H23N3O2S/c1-12-10-13-4-2-3-5-15(13)21(12)16(22)6-8-20-11-19-17-14(18(20)23)7-9-24-17/h7,9,11-13,15H,2-6,8,10H2,1H3/t12-,13-,15+/m1/s1. The highest BCUT2D eigenvalue weighted by atomic mass is 32.1. The van der Waals surface area contributed by atoms with Crippen molar-refractivity contribution >= 4 is 27.5 Å². The topological polar surface area (TPSA) is 55.2 Å². The van der Waals surface area contributed by atoms with Crippen LogP contribution >= 0.6 is 11.3 Å². The molecule has 0 bridgehead atoms. The molecule has 24 heavy (non-hydrogen) atoms. The lowest BCUT2D eigenvalue weighted by molar-refractivity contribution is -0.134. The number of rotatable bonds is 3. The molecule has 5 nitrogen and oxygen atoms in total. The molecule has 0 radical (unpaired) electrons. The van der Waals surface area contributed by atoms with Gasteiger partial charge in [-0.25, -0.2) is 4.98 Å². The average Bonchev–Trinajstić information content (AvgIpc) is 3.17. The number of amides is 1. The third kappa shape index (κ3) is 2.66. The Morgan fingerprint density at radius 1 is 1.38 bits per heavy atom. The molecular weight excluding hydrogens is 322 g/mol. The highest BCUT2D eigenvalue weighted by Gasteiger charge is 2.42. The van der Waals surface area contributed by atoms with E-state index >= 15 is 0 Å². The zero-order valence-electron chi connectivity index (χ0n) is 14.0. The van der Waals surface area contributed by atoms with E-state index in [0.717, 1.165) is 17.7 Å². The van der Waals surface area contributed by atoms with E-state index in [-0.39, 0.29) is 11.5 Å². The molecule has 2 fully saturated rings. The summed E-state index contributed by atoms with van der Waals surface area (Å²) in [5, 5.41) is 2.53. The molecule has 1 aliphatic carbocycles. The van der Waals surface area contributed by atoms with Crippen LogP contribution in [0.5, 0.6) is 0 Å². The molecule has 4 rings (SSSR count). The maximum Gasteiger partial charge on any atom is 0.262 e. The molecule has 0 spiro atoms. The molecule has 0 unspecified atom stereocenters. The van der Waals surface area contributed by atoms with Gasteiger partial charge in [-0.15, -0.1) is 11.3 Å². The molecule has 1 saturated heterocycles. The van der Waals surface area contributed by atoms with Crippen LogP contribution in [0.1, 0.15) is 45.4 Å². The van der Waals surface area contributed by atoms with E-state index < -0.39 is 0 Å². The van der Waals surface area contributed by atoms with Gasteiger partial charge >= 0.3 is 0 Å². The van der Waals surface area contributed by atoms with Crippen molar-refractivity contribution in [2.24, 2.45) is 5.92 Å². The Kier molecular flexibility index (Phi) is 4.16. The average molecular weight is 345 g/mol. The van der Waals surface area contributed by atoms with Crippen LogP contribution < -0.4 is 5.56 Å². The Hall–Kier alpha value is -1.69. The minimum Gasteiger partial charge on any atom is -0.337 e. The van der Waals surface area contributed by atoms with E-state index in [1.807, 2.05) is 11.4 Å². The molecule has 0 aromatic carbocycles. The van der Waals surface area contributed by atoms with E-state index in [1.54, 1.807) is 10.9 Å². The number of aromatic nitrogens is 2. The van der Waals surface area contributed by atoms with Crippen LogP contribution in [0.4, 0.5) is 0 Å². The van der Waals surface area contributed by atoms with Crippen LogP contribution in [0, 0.1) is 5.92 Å². The third-order valence-corrected chi connectivity index (χ3v) is 6.47. The fourth-order valence-electron chi connectivity index (χ4n) is 4.54. The zero-order valence-corrected chi connectivity index (χ0v) is 14.8. The first-order valence-corrected chi connectivity index (χ1v) is 9.77. The SMILES string of the molecule is C[C@@H]1C[C@H]2CCCC[C@@H]2N1C(=O)CCn1cnc2sccc2c1=O. The van der Waals surface area contributed by atoms with Crippen molar-refractivity contribution in [3.8, 4) is 0 Å². The molecule has 3 heterocycles. The van der Waals surface area contributed by atoms with Gasteiger partial charge in [0.2, 0.25) is 5.91 Å². The molecular formula is C18H23N3O2S. The summed E-state index contributed by atoms with van der Waals surface area (Å²) in [6, 6.07) is 2.57. The van der Waals surface area contributed by atoms with Gasteiger partial charge in [-0.1, -0.05) is 12.8 Å². The molecule has 2 aromatic heterocycles. The summed E-state index contributed by atoms with van der Waals surface area (Å²) in [5.74, 6) is 0.874. The lowest BCUT2D eigenvalue weighted by atomic mass is 9.85. The van der Waals surface area contributed by atoms with Crippen molar-refractivity contribution in [2.75, 3.05) is 0 Å². The molecule has 128 valence electrons. The number of hydrogen-bond acceptors (Lipinski definition) is 4. The summed E-state index contributed by atoms with van der Waals surface area (Å²) in [6.07, 6.45) is 8.03. The van der Waals surface area contributed by atoms with Gasteiger partial charge < -0.3 is 4.90 Å². The highest BCUT2D eigenvalue weighted by Crippen LogP contribution is 2.39. The first kappa shape index (κ1) is 15.8. The Morgan fingerprint density at radius 2 is 2.21 bits per heavy atom. The van der Waals surface area contributed by atoms with E-state index in [4.69, 9.17) is 0 Å². The van der Waals surface area contributed by atoms with Crippen molar-refractivity contribution in [1.29, 1.82) is 0 Å². The van der Waals surface area contributed by atoms with E-state index in [2.05, 4.69) is 16.8 Å². The summed E-state index contributed by atoms with van der Waals surface area (Å²) in [7, 11) is 0. The van der Waals surface area contributed by atoms with Crippen LogP contribution in [0.2, 0.25) is 0 Å². The van der Waals surface area contributed by atoms with Crippen molar-refractivity contribution in [2.45, 2.75) is 64.1 Å². The van der Waals surface area contributed by atoms with Crippen LogP contribution in [0.15, 0.2) is 22.6 Å². The molecule has 3 atom stereocenters. The van der Waals surface area contributed by atoms with Gasteiger partial charge in [0, 0.05) is 25.0 Å². The van der Waals surface area contributed by atoms with Crippen LogP contribution in [-0.2, 0) is 11.3 Å². The van der Waals surface area contributed by atoms with Crippen molar-refractivity contribution in [3.63, 3.8) is 0 Å². The minimum absolute atomic E-state index is 0.0425. The zero-order chi connectivity index (χ0) is 16.7. The Labute approximate surface area is 145 Å². The lowest BCUT2D eigenvalue weighted by Gasteiger charge is -2.33. The van der Waals surface area contributed by atoms with Gasteiger partial charge in [-0.3, -0.25) is 14.2 Å². The van der Waals surface area contributed by atoms with Gasteiger partial charge in [0.1, 0.15) is 4.83 Å². The second-order valence-electron chi connectivity index (χ2n) is 7.13. The maximum absolute atomic E-state index is 12.8. The van der Waals surface area contributed by atoms with Gasteiger partial charge in [0.25, 0.3) is 5.56 Å². The second kappa shape index (κ2) is 6.31. The van der Waals surface area contributed by atoms with Crippen LogP contribution in [0.3, 0.4) is 0 Å². The monoisotopic (exact) mass is 345 g/mol. The first-order valence-electron chi connectivity index (χ1n) is 8.89. The van der Waals surface area contributed by atoms with E-state index in [1.165, 1.54) is 30.6 Å². The molecule has 1 aliphatic heterocycles. The van der Waals surface area contributed by atoms with E-state index in [9.17, 15) is 9.59 Å². The second-order valence-corrected chi connectivity index (χ2v) is 8.02. The molecule has 2 aliphatic rings. The Bertz CT molecular complexity index is 812. The Morgan fingerprint density at radius 3 is 3.08 bits per heavy atom. The number of carbonyl (C=O) groups is 1. The van der Waals surface area contributed by atoms with Crippen LogP contribution in [-0.4, -0.2) is 32.4 Å². The number of aryl methyl sites for hydroxylation is 1. The number of hydrogen-bond donors (Lipinski definition) is 0. The third-order valence-electron chi connectivity index (χ3n) is 5.65. The number of carbonyl (C=O) groups excluding carboxylic acids is 1. The smallest absolute Gasteiger partial charge is 0.262 e. The predicted octanol–water partition coefficient (Wildman–Crippen LogP) is 3.03. The lowest BCUT2D eigenvalue weighted by Crippen LogP contribution is -2.42. The predicted molar refractivity (Wildman–Crippen MR) is 95.2 cm³/mol. The van der Waals surface area contributed by atoms with Gasteiger partial charge in [-0.05, 0) is 43.6 Å². The minimum atomic E-state index is -0.0425. The Balaban J connectivity index is 1.47. The fourth-order valence-corrected chi connectivity index (χ4v) is 5.26. The summed E-state index contributed by atoms with van der Waals surface area (Å²) in [5.41, 5.74) is -0.0425. The largest absolute Gasteiger partial charge is 0.337 e. The number of thiophene rings is 1. The molecule has 0 N–H and O–H groups in total. The molecule has 6 heteroatoms. The molecule has 2 aromatic rings. The fraction of sp³-hybridized carbons (Fsp3) is 0.611. The number of nitrogens with zero attached hydrogens (tertiary/aromatic N) is 3. The quantitative estimate of drug-likeness (QED) is 0.859. The van der Waals surface area contributed by atoms with Gasteiger partial charge in [0.05, 0.1) is 11.7 Å². The number of likely N-dealkylation sites (tertiary alicyclic amines) is 1. The summed E-state index contributed by atoms with van der Waals surface area (Å²) < 4.78 is 1.58. The van der Waals surface area contributed by atoms with Gasteiger partial charge in [0.15, 0.2) is 0 Å². The molecule has 1 amide bonds. The summed E-state index contributed by atoms with van der Waals surface area (Å²) in [4.78, 5) is 32.4. The highest BCUT2D eigenvalue weighted by molar-refractivity contribution is 7.16. The number of fused-ring (bicyclic) bond motifs is 2. The normalized spacial score (nSPS) is 26.7. The van der Waals surface area contributed by atoms with Crippen molar-refractivity contribution in [1.82, 2.24) is 14.5 Å². The van der Waals surface area contributed by atoms with Crippen LogP contribution in [0.25, 0.3) is 10.2 Å².